The number of piperidine rings is 1. The van der Waals surface area contributed by atoms with Crippen LogP contribution in [0.3, 0.4) is 0 Å². The van der Waals surface area contributed by atoms with Crippen LogP contribution >= 0.6 is 0 Å². The van der Waals surface area contributed by atoms with E-state index in [-0.39, 0.29) is 5.82 Å². The first-order valence-electron chi connectivity index (χ1n) is 5.54. The zero-order valence-electron chi connectivity index (χ0n) is 8.88. The van der Waals surface area contributed by atoms with E-state index in [2.05, 4.69) is 4.90 Å². The maximum Gasteiger partial charge on any atom is 0.146 e. The molecule has 2 nitrogen and oxygen atoms in total. The summed E-state index contributed by atoms with van der Waals surface area (Å²) in [4.78, 5) is 2.12. The summed E-state index contributed by atoms with van der Waals surface area (Å²) in [5.74, 6) is -0.130. The first kappa shape index (κ1) is 10.4. The molecule has 1 heterocycles. The lowest BCUT2D eigenvalue weighted by Gasteiger charge is -2.29. The van der Waals surface area contributed by atoms with Crippen molar-refractivity contribution in [3.63, 3.8) is 0 Å². The quantitative estimate of drug-likeness (QED) is 0.808. The monoisotopic (exact) mass is 208 g/mol. The number of rotatable bonds is 2. The topological polar surface area (TPSA) is 29.3 Å². The fourth-order valence-electron chi connectivity index (χ4n) is 2.06. The van der Waals surface area contributed by atoms with E-state index >= 15 is 0 Å². The molecule has 0 aromatic heterocycles. The SMILES string of the molecule is NCc1ccc(F)c(N2CCCCC2)c1. The third-order valence-corrected chi connectivity index (χ3v) is 2.94. The number of benzene rings is 1. The van der Waals surface area contributed by atoms with Gasteiger partial charge in [-0.1, -0.05) is 6.07 Å². The number of nitrogens with zero attached hydrogens (tertiary/aromatic N) is 1. The zero-order chi connectivity index (χ0) is 10.7. The molecule has 0 saturated carbocycles. The predicted octanol–water partition coefficient (Wildman–Crippen LogP) is 2.27. The molecule has 2 N–H and O–H groups in total. The van der Waals surface area contributed by atoms with Gasteiger partial charge in [0.05, 0.1) is 5.69 Å². The van der Waals surface area contributed by atoms with E-state index in [1.807, 2.05) is 6.07 Å². The average molecular weight is 208 g/mol. The summed E-state index contributed by atoms with van der Waals surface area (Å²) >= 11 is 0. The Morgan fingerprint density at radius 3 is 2.60 bits per heavy atom. The van der Waals surface area contributed by atoms with E-state index in [1.165, 1.54) is 12.5 Å². The molecule has 3 heteroatoms. The van der Waals surface area contributed by atoms with E-state index in [0.29, 0.717) is 6.54 Å². The molecule has 2 rings (SSSR count). The minimum atomic E-state index is -0.130. The molecule has 0 unspecified atom stereocenters. The number of hydrogen-bond donors (Lipinski definition) is 1. The Morgan fingerprint density at radius 1 is 1.20 bits per heavy atom. The van der Waals surface area contributed by atoms with Gasteiger partial charge in [-0.2, -0.15) is 0 Å². The van der Waals surface area contributed by atoms with Gasteiger partial charge < -0.3 is 10.6 Å². The summed E-state index contributed by atoms with van der Waals surface area (Å²) in [7, 11) is 0. The molecule has 0 aliphatic carbocycles. The molecule has 1 fully saturated rings. The Labute approximate surface area is 89.9 Å². The van der Waals surface area contributed by atoms with Crippen LogP contribution in [0.2, 0.25) is 0 Å². The fourth-order valence-corrected chi connectivity index (χ4v) is 2.06. The molecule has 82 valence electrons. The van der Waals surface area contributed by atoms with E-state index in [1.54, 1.807) is 6.07 Å². The smallest absolute Gasteiger partial charge is 0.146 e. The molecule has 0 radical (unpaired) electrons. The molecule has 1 saturated heterocycles. The second-order valence-corrected chi connectivity index (χ2v) is 4.04. The van der Waals surface area contributed by atoms with E-state index in [4.69, 9.17) is 5.73 Å². The molecule has 15 heavy (non-hydrogen) atoms. The van der Waals surface area contributed by atoms with Gasteiger partial charge in [-0.15, -0.1) is 0 Å². The Balaban J connectivity index is 2.24. The Kier molecular flexibility index (Phi) is 3.21. The van der Waals surface area contributed by atoms with Crippen molar-refractivity contribution in [3.05, 3.63) is 29.6 Å². The van der Waals surface area contributed by atoms with Crippen molar-refractivity contribution < 1.29 is 4.39 Å². The van der Waals surface area contributed by atoms with Gasteiger partial charge in [0.1, 0.15) is 5.82 Å². The maximum absolute atomic E-state index is 13.6. The molecule has 0 spiro atoms. The van der Waals surface area contributed by atoms with Crippen molar-refractivity contribution in [2.24, 2.45) is 5.73 Å². The first-order chi connectivity index (χ1) is 7.31. The van der Waals surface area contributed by atoms with Crippen LogP contribution < -0.4 is 10.6 Å². The predicted molar refractivity (Wildman–Crippen MR) is 60.4 cm³/mol. The van der Waals surface area contributed by atoms with Gasteiger partial charge in [0.25, 0.3) is 0 Å². The molecule has 0 bridgehead atoms. The molecular weight excluding hydrogens is 191 g/mol. The molecule has 1 aliphatic rings. The number of hydrogen-bond acceptors (Lipinski definition) is 2. The van der Waals surface area contributed by atoms with Crippen LogP contribution in [0.5, 0.6) is 0 Å². The molecule has 1 aliphatic heterocycles. The van der Waals surface area contributed by atoms with Crippen LogP contribution in [0.25, 0.3) is 0 Å². The van der Waals surface area contributed by atoms with Crippen molar-refractivity contribution >= 4 is 5.69 Å². The van der Waals surface area contributed by atoms with Crippen molar-refractivity contribution in [1.82, 2.24) is 0 Å². The normalized spacial score (nSPS) is 16.8. The molecule has 1 aromatic carbocycles. The minimum absolute atomic E-state index is 0.130. The minimum Gasteiger partial charge on any atom is -0.369 e. The average Bonchev–Trinajstić information content (AvgIpc) is 2.31. The summed E-state index contributed by atoms with van der Waals surface area (Å²) in [6.45, 7) is 2.40. The van der Waals surface area contributed by atoms with Gasteiger partial charge in [-0.3, -0.25) is 0 Å². The molecule has 1 aromatic rings. The lowest BCUT2D eigenvalue weighted by atomic mass is 10.1. The van der Waals surface area contributed by atoms with Crippen molar-refractivity contribution in [2.75, 3.05) is 18.0 Å². The zero-order valence-corrected chi connectivity index (χ0v) is 8.88. The van der Waals surface area contributed by atoms with E-state index in [9.17, 15) is 4.39 Å². The second kappa shape index (κ2) is 4.62. The van der Waals surface area contributed by atoms with Gasteiger partial charge in [-0.25, -0.2) is 4.39 Å². The first-order valence-corrected chi connectivity index (χ1v) is 5.54. The van der Waals surface area contributed by atoms with Crippen LogP contribution in [-0.2, 0) is 6.54 Å². The van der Waals surface area contributed by atoms with Crippen molar-refractivity contribution in [1.29, 1.82) is 0 Å². The Hall–Kier alpha value is -1.09. The standard InChI is InChI=1S/C12H17FN2/c13-11-5-4-10(9-14)8-12(11)15-6-2-1-3-7-15/h4-5,8H,1-3,6-7,9,14H2. The van der Waals surface area contributed by atoms with Gasteiger partial charge in [0.2, 0.25) is 0 Å². The van der Waals surface area contributed by atoms with Gasteiger partial charge in [0.15, 0.2) is 0 Å². The van der Waals surface area contributed by atoms with Gasteiger partial charge in [0, 0.05) is 19.6 Å². The van der Waals surface area contributed by atoms with Crippen LogP contribution in [0.4, 0.5) is 10.1 Å². The Bertz CT molecular complexity index is 332. The number of anilines is 1. The van der Waals surface area contributed by atoms with Crippen LogP contribution in [0.15, 0.2) is 18.2 Å². The Morgan fingerprint density at radius 2 is 1.93 bits per heavy atom. The van der Waals surface area contributed by atoms with Crippen molar-refractivity contribution in [3.8, 4) is 0 Å². The molecule has 0 amide bonds. The molecular formula is C12H17FN2. The highest BCUT2D eigenvalue weighted by atomic mass is 19.1. The maximum atomic E-state index is 13.6. The van der Waals surface area contributed by atoms with E-state index < -0.39 is 0 Å². The summed E-state index contributed by atoms with van der Waals surface area (Å²) in [6.07, 6.45) is 3.58. The third kappa shape index (κ3) is 2.29. The van der Waals surface area contributed by atoms with Crippen LogP contribution in [0.1, 0.15) is 24.8 Å². The van der Waals surface area contributed by atoms with Crippen molar-refractivity contribution in [2.45, 2.75) is 25.8 Å². The fraction of sp³-hybridized carbons (Fsp3) is 0.500. The lowest BCUT2D eigenvalue weighted by Crippen LogP contribution is -2.30. The third-order valence-electron chi connectivity index (χ3n) is 2.94. The summed E-state index contributed by atoms with van der Waals surface area (Å²) in [5, 5.41) is 0. The summed E-state index contributed by atoms with van der Waals surface area (Å²) in [5.41, 5.74) is 7.27. The second-order valence-electron chi connectivity index (χ2n) is 4.04. The number of nitrogens with two attached hydrogens (primary N) is 1. The van der Waals surface area contributed by atoms with Crippen LogP contribution in [-0.4, -0.2) is 13.1 Å². The van der Waals surface area contributed by atoms with Crippen LogP contribution in [0, 0.1) is 5.82 Å². The van der Waals surface area contributed by atoms with Gasteiger partial charge in [-0.05, 0) is 37.0 Å². The number of halogens is 1. The summed E-state index contributed by atoms with van der Waals surface area (Å²) < 4.78 is 13.6. The highest BCUT2D eigenvalue weighted by Crippen LogP contribution is 2.24. The largest absolute Gasteiger partial charge is 0.369 e. The van der Waals surface area contributed by atoms with E-state index in [0.717, 1.165) is 37.2 Å². The highest BCUT2D eigenvalue weighted by molar-refractivity contribution is 5.50. The lowest BCUT2D eigenvalue weighted by molar-refractivity contribution is 0.556. The van der Waals surface area contributed by atoms with Gasteiger partial charge >= 0.3 is 0 Å². The molecule has 0 atom stereocenters. The summed E-state index contributed by atoms with van der Waals surface area (Å²) in [6, 6.07) is 5.15. The highest BCUT2D eigenvalue weighted by Gasteiger charge is 2.14.